The van der Waals surface area contributed by atoms with E-state index in [1.165, 1.54) is 0 Å². The first kappa shape index (κ1) is 24.9. The standard InChI is InChI=1S/C23H36N4O3S/c1-16(2)13-27-21(14-26(18(5)6)22(28)25-17(3)4)12-24-23(27)31(29,30)15-20-10-8-9-19(7)11-20/h8-12,16-18H,13-15H2,1-7H3,(H,25,28). The lowest BCUT2D eigenvalue weighted by Gasteiger charge is -2.28. The van der Waals surface area contributed by atoms with Crippen LogP contribution in [0.3, 0.4) is 0 Å². The number of carbonyl (C=O) groups is 1. The SMILES string of the molecule is Cc1cccc(CS(=O)(=O)c2ncc(CN(C(=O)NC(C)C)C(C)C)n2CC(C)C)c1. The largest absolute Gasteiger partial charge is 0.336 e. The van der Waals surface area contributed by atoms with Crippen molar-refractivity contribution in [3.63, 3.8) is 0 Å². The average Bonchev–Trinajstić information content (AvgIpc) is 3.00. The van der Waals surface area contributed by atoms with Gasteiger partial charge in [-0.05, 0) is 46.1 Å². The molecule has 0 saturated carbocycles. The minimum atomic E-state index is -3.65. The smallest absolute Gasteiger partial charge is 0.318 e. The lowest BCUT2D eigenvalue weighted by molar-refractivity contribution is 0.175. The predicted molar refractivity (Wildman–Crippen MR) is 123 cm³/mol. The highest BCUT2D eigenvalue weighted by molar-refractivity contribution is 7.90. The summed E-state index contributed by atoms with van der Waals surface area (Å²) in [5.74, 6) is 0.114. The van der Waals surface area contributed by atoms with E-state index in [0.717, 1.165) is 11.1 Å². The Hall–Kier alpha value is -2.35. The maximum atomic E-state index is 13.3. The monoisotopic (exact) mass is 448 g/mol. The van der Waals surface area contributed by atoms with Crippen molar-refractivity contribution < 1.29 is 13.2 Å². The molecule has 1 aromatic carbocycles. The molecule has 172 valence electrons. The molecular formula is C23H36N4O3S. The Bertz CT molecular complexity index is 994. The van der Waals surface area contributed by atoms with Crippen LogP contribution in [0.15, 0.2) is 35.6 Å². The fraction of sp³-hybridized carbons (Fsp3) is 0.565. The van der Waals surface area contributed by atoms with Crippen molar-refractivity contribution in [2.75, 3.05) is 0 Å². The summed E-state index contributed by atoms with van der Waals surface area (Å²) in [6.45, 7) is 14.5. The Kier molecular flexibility index (Phi) is 8.28. The van der Waals surface area contributed by atoms with Gasteiger partial charge in [-0.15, -0.1) is 0 Å². The fourth-order valence-electron chi connectivity index (χ4n) is 3.41. The number of urea groups is 1. The average molecular weight is 449 g/mol. The third-order valence-electron chi connectivity index (χ3n) is 4.80. The van der Waals surface area contributed by atoms with E-state index >= 15 is 0 Å². The molecule has 8 heteroatoms. The van der Waals surface area contributed by atoms with Crippen molar-refractivity contribution >= 4 is 15.9 Å². The molecular weight excluding hydrogens is 412 g/mol. The third kappa shape index (κ3) is 6.82. The van der Waals surface area contributed by atoms with Crippen LogP contribution in [0.2, 0.25) is 0 Å². The van der Waals surface area contributed by atoms with Gasteiger partial charge in [0.1, 0.15) is 0 Å². The van der Waals surface area contributed by atoms with Crippen molar-refractivity contribution in [1.82, 2.24) is 19.8 Å². The molecule has 0 unspecified atom stereocenters. The van der Waals surface area contributed by atoms with E-state index in [1.807, 2.05) is 72.7 Å². The number of nitrogens with zero attached hydrogens (tertiary/aromatic N) is 3. The Morgan fingerprint density at radius 1 is 1.16 bits per heavy atom. The molecule has 0 aliphatic carbocycles. The Balaban J connectivity index is 2.41. The van der Waals surface area contributed by atoms with Crippen LogP contribution >= 0.6 is 0 Å². The summed E-state index contributed by atoms with van der Waals surface area (Å²) in [6.07, 6.45) is 1.59. The zero-order chi connectivity index (χ0) is 23.3. The van der Waals surface area contributed by atoms with Gasteiger partial charge in [0, 0.05) is 18.6 Å². The molecule has 0 spiro atoms. The minimum Gasteiger partial charge on any atom is -0.336 e. The van der Waals surface area contributed by atoms with Crippen LogP contribution < -0.4 is 5.32 Å². The maximum Gasteiger partial charge on any atom is 0.318 e. The van der Waals surface area contributed by atoms with Gasteiger partial charge >= 0.3 is 6.03 Å². The van der Waals surface area contributed by atoms with E-state index in [-0.39, 0.29) is 41.5 Å². The molecule has 0 atom stereocenters. The van der Waals surface area contributed by atoms with Gasteiger partial charge in [0.2, 0.25) is 15.0 Å². The minimum absolute atomic E-state index is 0.0135. The first-order valence-corrected chi connectivity index (χ1v) is 12.5. The number of carbonyl (C=O) groups excluding carboxylic acids is 1. The highest BCUT2D eigenvalue weighted by Crippen LogP contribution is 2.21. The maximum absolute atomic E-state index is 13.3. The molecule has 1 N–H and O–H groups in total. The number of aromatic nitrogens is 2. The lowest BCUT2D eigenvalue weighted by atomic mass is 10.2. The normalized spacial score (nSPS) is 12.1. The van der Waals surface area contributed by atoms with Crippen LogP contribution in [0.25, 0.3) is 0 Å². The summed E-state index contributed by atoms with van der Waals surface area (Å²) in [5.41, 5.74) is 2.47. The van der Waals surface area contributed by atoms with E-state index in [1.54, 1.807) is 15.7 Å². The van der Waals surface area contributed by atoms with E-state index in [4.69, 9.17) is 0 Å². The number of imidazole rings is 1. The molecule has 0 fully saturated rings. The molecule has 0 bridgehead atoms. The topological polar surface area (TPSA) is 84.3 Å². The summed E-state index contributed by atoms with van der Waals surface area (Å²) in [4.78, 5) is 18.7. The number of rotatable bonds is 9. The lowest BCUT2D eigenvalue weighted by Crippen LogP contribution is -2.46. The first-order valence-electron chi connectivity index (χ1n) is 10.8. The Morgan fingerprint density at radius 2 is 1.84 bits per heavy atom. The van der Waals surface area contributed by atoms with Crippen molar-refractivity contribution in [2.24, 2.45) is 5.92 Å². The second-order valence-electron chi connectivity index (χ2n) is 9.11. The van der Waals surface area contributed by atoms with E-state index < -0.39 is 9.84 Å². The number of sulfone groups is 1. The zero-order valence-electron chi connectivity index (χ0n) is 19.7. The van der Waals surface area contributed by atoms with Crippen LogP contribution in [0.4, 0.5) is 4.79 Å². The predicted octanol–water partition coefficient (Wildman–Crippen LogP) is 4.15. The summed E-state index contributed by atoms with van der Waals surface area (Å²) >= 11 is 0. The molecule has 2 amide bonds. The number of amides is 2. The van der Waals surface area contributed by atoms with E-state index in [2.05, 4.69) is 10.3 Å². The number of nitrogens with one attached hydrogen (secondary N) is 1. The molecule has 2 rings (SSSR count). The molecule has 2 aromatic rings. The molecule has 1 heterocycles. The number of hydrogen-bond donors (Lipinski definition) is 1. The molecule has 0 aliphatic rings. The highest BCUT2D eigenvalue weighted by Gasteiger charge is 2.27. The number of benzene rings is 1. The molecule has 0 aliphatic heterocycles. The highest BCUT2D eigenvalue weighted by atomic mass is 32.2. The fourth-order valence-corrected chi connectivity index (χ4v) is 4.89. The second kappa shape index (κ2) is 10.3. The van der Waals surface area contributed by atoms with Crippen LogP contribution in [0.5, 0.6) is 0 Å². The van der Waals surface area contributed by atoms with Gasteiger partial charge in [0.15, 0.2) is 0 Å². The molecule has 1 aromatic heterocycles. The molecule has 0 radical (unpaired) electrons. The van der Waals surface area contributed by atoms with Crippen LogP contribution in [-0.2, 0) is 28.7 Å². The first-order chi connectivity index (χ1) is 14.4. The summed E-state index contributed by atoms with van der Waals surface area (Å²) in [7, 11) is -3.65. The van der Waals surface area contributed by atoms with Gasteiger partial charge in [-0.3, -0.25) is 0 Å². The van der Waals surface area contributed by atoms with Crippen molar-refractivity contribution in [3.05, 3.63) is 47.3 Å². The van der Waals surface area contributed by atoms with Crippen molar-refractivity contribution in [2.45, 2.75) is 84.5 Å². The zero-order valence-corrected chi connectivity index (χ0v) is 20.5. The molecule has 0 saturated heterocycles. The Morgan fingerprint density at radius 3 is 2.39 bits per heavy atom. The number of hydrogen-bond acceptors (Lipinski definition) is 4. The summed E-state index contributed by atoms with van der Waals surface area (Å²) in [6, 6.07) is 7.29. The quantitative estimate of drug-likeness (QED) is 0.625. The Labute approximate surface area is 186 Å². The summed E-state index contributed by atoms with van der Waals surface area (Å²) < 4.78 is 28.3. The molecule has 7 nitrogen and oxygen atoms in total. The number of aryl methyl sites for hydroxylation is 1. The second-order valence-corrected chi connectivity index (χ2v) is 11.0. The van der Waals surface area contributed by atoms with Crippen molar-refractivity contribution in [1.29, 1.82) is 0 Å². The van der Waals surface area contributed by atoms with Gasteiger partial charge < -0.3 is 14.8 Å². The summed E-state index contributed by atoms with van der Waals surface area (Å²) in [5, 5.41) is 2.98. The van der Waals surface area contributed by atoms with Crippen LogP contribution in [-0.4, -0.2) is 41.0 Å². The van der Waals surface area contributed by atoms with Gasteiger partial charge in [-0.1, -0.05) is 43.7 Å². The van der Waals surface area contributed by atoms with Crippen LogP contribution in [0.1, 0.15) is 58.4 Å². The van der Waals surface area contributed by atoms with Gasteiger partial charge in [0.25, 0.3) is 0 Å². The van der Waals surface area contributed by atoms with Crippen molar-refractivity contribution in [3.8, 4) is 0 Å². The van der Waals surface area contributed by atoms with E-state index in [0.29, 0.717) is 12.2 Å². The van der Waals surface area contributed by atoms with E-state index in [9.17, 15) is 13.2 Å². The third-order valence-corrected chi connectivity index (χ3v) is 6.39. The van der Waals surface area contributed by atoms with Gasteiger partial charge in [-0.25, -0.2) is 18.2 Å². The van der Waals surface area contributed by atoms with Gasteiger partial charge in [-0.2, -0.15) is 0 Å². The van der Waals surface area contributed by atoms with Crippen LogP contribution in [0, 0.1) is 12.8 Å². The molecule has 31 heavy (non-hydrogen) atoms. The van der Waals surface area contributed by atoms with Gasteiger partial charge in [0.05, 0.1) is 24.2 Å².